The molecule has 1 aromatic carbocycles. The number of piperidine rings is 1. The van der Waals surface area contributed by atoms with Crippen molar-refractivity contribution < 1.29 is 9.18 Å². The van der Waals surface area contributed by atoms with Crippen molar-refractivity contribution in [3.63, 3.8) is 0 Å². The number of nitrogens with one attached hydrogen (secondary N) is 1. The molecule has 4 rings (SSSR count). The van der Waals surface area contributed by atoms with Gasteiger partial charge in [0.2, 0.25) is 0 Å². The second-order valence-electron chi connectivity index (χ2n) is 8.29. The van der Waals surface area contributed by atoms with Crippen LogP contribution in [0.2, 0.25) is 5.02 Å². The van der Waals surface area contributed by atoms with Crippen LogP contribution < -0.4 is 16.0 Å². The summed E-state index contributed by atoms with van der Waals surface area (Å²) in [7, 11) is 0. The average Bonchev–Trinajstić information content (AvgIpc) is 3.56. The molecule has 1 aliphatic carbocycles. The Morgan fingerprint density at radius 1 is 1.35 bits per heavy atom. The summed E-state index contributed by atoms with van der Waals surface area (Å²) in [6.07, 6.45) is 5.59. The number of Topliss-reactive ketones (excluding diaryl/α,β-unsaturated/α-hetero) is 1. The summed E-state index contributed by atoms with van der Waals surface area (Å²) in [4.78, 5) is 26.9. The molecule has 162 valence electrons. The fourth-order valence-corrected chi connectivity index (χ4v) is 4.49. The summed E-state index contributed by atoms with van der Waals surface area (Å²) in [6, 6.07) is 3.90. The van der Waals surface area contributed by atoms with Crippen molar-refractivity contribution in [2.75, 3.05) is 29.0 Å². The highest BCUT2D eigenvalue weighted by molar-refractivity contribution is 6.30. The van der Waals surface area contributed by atoms with Gasteiger partial charge in [0.15, 0.2) is 5.78 Å². The van der Waals surface area contributed by atoms with E-state index >= 15 is 0 Å². The van der Waals surface area contributed by atoms with E-state index in [-0.39, 0.29) is 35.2 Å². The Balaban J connectivity index is 1.44. The maximum absolute atomic E-state index is 13.7. The third-order valence-electron chi connectivity index (χ3n) is 5.88. The van der Waals surface area contributed by atoms with Gasteiger partial charge in [-0.05, 0) is 55.7 Å². The zero-order chi connectivity index (χ0) is 22.0. The van der Waals surface area contributed by atoms with Gasteiger partial charge in [-0.3, -0.25) is 4.79 Å². The van der Waals surface area contributed by atoms with Gasteiger partial charge in [0, 0.05) is 30.2 Å². The Labute approximate surface area is 185 Å². The van der Waals surface area contributed by atoms with Crippen LogP contribution in [0.15, 0.2) is 24.5 Å². The van der Waals surface area contributed by atoms with Crippen LogP contribution in [0.5, 0.6) is 0 Å². The number of carbonyl (C=O) groups excluding carboxylic acids is 1. The lowest BCUT2D eigenvalue weighted by Gasteiger charge is -2.34. The summed E-state index contributed by atoms with van der Waals surface area (Å²) in [6.45, 7) is 8.79. The molecule has 0 bridgehead atoms. The number of ketones is 1. The van der Waals surface area contributed by atoms with E-state index in [1.165, 1.54) is 18.5 Å². The minimum Gasteiger partial charge on any atom is -0.392 e. The number of rotatable bonds is 7. The third-order valence-corrected chi connectivity index (χ3v) is 6.09. The molecule has 1 aromatic heterocycles. The number of benzene rings is 1. The van der Waals surface area contributed by atoms with Gasteiger partial charge in [0.25, 0.3) is 5.69 Å². The van der Waals surface area contributed by atoms with E-state index in [2.05, 4.69) is 20.1 Å². The highest BCUT2D eigenvalue weighted by Crippen LogP contribution is 2.37. The van der Waals surface area contributed by atoms with E-state index in [4.69, 9.17) is 23.9 Å². The van der Waals surface area contributed by atoms with Crippen molar-refractivity contribution in [3.05, 3.63) is 46.8 Å². The molecule has 9 heteroatoms. The summed E-state index contributed by atoms with van der Waals surface area (Å²) in [5.74, 6) is 0.817. The van der Waals surface area contributed by atoms with Crippen molar-refractivity contribution in [2.45, 2.75) is 38.1 Å². The van der Waals surface area contributed by atoms with Crippen LogP contribution in [-0.4, -0.2) is 34.9 Å². The number of anilines is 3. The number of carbonyl (C=O) groups is 1. The monoisotopic (exact) mass is 442 g/mol. The lowest BCUT2D eigenvalue weighted by molar-refractivity contribution is -0.121. The molecule has 2 atom stereocenters. The van der Waals surface area contributed by atoms with E-state index in [1.807, 2.05) is 4.90 Å². The summed E-state index contributed by atoms with van der Waals surface area (Å²) < 4.78 is 13.7. The van der Waals surface area contributed by atoms with Crippen LogP contribution in [0.1, 0.15) is 32.1 Å². The summed E-state index contributed by atoms with van der Waals surface area (Å²) in [5.41, 5.74) is 6.62. The lowest BCUT2D eigenvalue weighted by atomic mass is 9.89. The summed E-state index contributed by atoms with van der Waals surface area (Å²) in [5, 5.41) is 3.51. The molecule has 3 N–H and O–H groups in total. The number of hydrogen-bond donors (Lipinski definition) is 2. The molecule has 0 spiro atoms. The SMILES string of the molecule is [C-]#[N+]c1c(N)ncnc1N1CCC[C@@H](CC(=O)[C@H](Nc2cc(F)cc(Cl)c2)C2CC2)C1. The molecular formula is C22H24ClFN6O. The first-order valence-corrected chi connectivity index (χ1v) is 10.8. The minimum atomic E-state index is -0.431. The fourth-order valence-electron chi connectivity index (χ4n) is 4.26. The molecule has 2 fully saturated rings. The Morgan fingerprint density at radius 3 is 2.87 bits per heavy atom. The molecule has 2 aliphatic rings. The molecule has 1 saturated carbocycles. The number of aromatic nitrogens is 2. The largest absolute Gasteiger partial charge is 0.392 e. The van der Waals surface area contributed by atoms with Crippen molar-refractivity contribution in [3.8, 4) is 0 Å². The third kappa shape index (κ3) is 5.05. The van der Waals surface area contributed by atoms with Gasteiger partial charge in [-0.25, -0.2) is 19.2 Å². The standard InChI is InChI=1S/C22H24ClFN6O/c1-26-20-21(25)27-12-28-22(20)30-6-2-3-13(11-30)7-18(31)19(14-4-5-14)29-17-9-15(23)8-16(24)10-17/h8-10,12-14,19,29H,2-7,11H2,(H2,25,27,28)/t13-,19+/m0/s1. The zero-order valence-corrected chi connectivity index (χ0v) is 17.8. The second-order valence-corrected chi connectivity index (χ2v) is 8.72. The maximum Gasteiger partial charge on any atom is 0.269 e. The normalized spacial score (nSPS) is 19.5. The Hall–Kier alpha value is -2.92. The van der Waals surface area contributed by atoms with Crippen LogP contribution in [0.25, 0.3) is 4.85 Å². The first-order valence-electron chi connectivity index (χ1n) is 10.4. The fraction of sp³-hybridized carbons (Fsp3) is 0.455. The predicted octanol–water partition coefficient (Wildman–Crippen LogP) is 4.47. The number of nitrogens with two attached hydrogens (primary N) is 1. The highest BCUT2D eigenvalue weighted by Gasteiger charge is 2.37. The van der Waals surface area contributed by atoms with Gasteiger partial charge in [0.05, 0.1) is 12.6 Å². The van der Waals surface area contributed by atoms with Gasteiger partial charge in [-0.1, -0.05) is 11.6 Å². The van der Waals surface area contributed by atoms with Gasteiger partial charge < -0.3 is 16.0 Å². The molecular weight excluding hydrogens is 419 g/mol. The predicted molar refractivity (Wildman–Crippen MR) is 119 cm³/mol. The number of halogens is 2. The smallest absolute Gasteiger partial charge is 0.269 e. The topological polar surface area (TPSA) is 88.5 Å². The highest BCUT2D eigenvalue weighted by atomic mass is 35.5. The van der Waals surface area contributed by atoms with Crippen LogP contribution >= 0.6 is 11.6 Å². The van der Waals surface area contributed by atoms with Crippen molar-refractivity contribution in [1.82, 2.24) is 9.97 Å². The summed E-state index contributed by atoms with van der Waals surface area (Å²) >= 11 is 5.96. The van der Waals surface area contributed by atoms with Crippen molar-refractivity contribution in [2.24, 2.45) is 11.8 Å². The Bertz CT molecular complexity index is 1000. The van der Waals surface area contributed by atoms with E-state index in [1.54, 1.807) is 6.07 Å². The van der Waals surface area contributed by atoms with Crippen LogP contribution in [0.3, 0.4) is 0 Å². The molecule has 2 heterocycles. The van der Waals surface area contributed by atoms with E-state index in [9.17, 15) is 9.18 Å². The van der Waals surface area contributed by atoms with Gasteiger partial charge in [-0.2, -0.15) is 0 Å². The lowest BCUT2D eigenvalue weighted by Crippen LogP contribution is -2.39. The number of nitrogen functional groups attached to an aromatic ring is 1. The first-order chi connectivity index (χ1) is 14.9. The van der Waals surface area contributed by atoms with Gasteiger partial charge in [0.1, 0.15) is 23.8 Å². The molecule has 31 heavy (non-hydrogen) atoms. The maximum atomic E-state index is 13.7. The average molecular weight is 443 g/mol. The second kappa shape index (κ2) is 9.06. The van der Waals surface area contributed by atoms with Crippen molar-refractivity contribution >= 4 is 40.4 Å². The van der Waals surface area contributed by atoms with Crippen molar-refractivity contribution in [1.29, 1.82) is 0 Å². The molecule has 1 saturated heterocycles. The van der Waals surface area contributed by atoms with E-state index in [0.29, 0.717) is 29.5 Å². The first kappa shape index (κ1) is 21.3. The Kier molecular flexibility index (Phi) is 6.23. The quantitative estimate of drug-likeness (QED) is 0.615. The minimum absolute atomic E-state index is 0.127. The molecule has 0 unspecified atom stereocenters. The molecule has 0 radical (unpaired) electrons. The van der Waals surface area contributed by atoms with Crippen LogP contribution in [0.4, 0.5) is 27.4 Å². The van der Waals surface area contributed by atoms with Crippen LogP contribution in [-0.2, 0) is 4.79 Å². The molecule has 7 nitrogen and oxygen atoms in total. The van der Waals surface area contributed by atoms with Gasteiger partial charge in [-0.15, -0.1) is 0 Å². The number of nitrogens with zero attached hydrogens (tertiary/aromatic N) is 4. The van der Waals surface area contributed by atoms with E-state index in [0.717, 1.165) is 32.2 Å². The molecule has 2 aromatic rings. The molecule has 0 amide bonds. The van der Waals surface area contributed by atoms with E-state index < -0.39 is 5.82 Å². The molecule has 1 aliphatic heterocycles. The number of hydrogen-bond acceptors (Lipinski definition) is 6. The Morgan fingerprint density at radius 2 is 2.16 bits per heavy atom. The zero-order valence-electron chi connectivity index (χ0n) is 17.0. The van der Waals surface area contributed by atoms with Gasteiger partial charge >= 0.3 is 0 Å². The van der Waals surface area contributed by atoms with Crippen LogP contribution in [0, 0.1) is 24.2 Å².